The van der Waals surface area contributed by atoms with Crippen LogP contribution < -0.4 is 0 Å². The zero-order valence-electron chi connectivity index (χ0n) is 27.2. The molecule has 9 aromatic rings. The summed E-state index contributed by atoms with van der Waals surface area (Å²) in [6, 6.07) is 62.5. The lowest BCUT2D eigenvalue weighted by Gasteiger charge is -2.20. The Hall–Kier alpha value is -5.98. The number of rotatable bonds is 4. The van der Waals surface area contributed by atoms with Crippen LogP contribution in [0.3, 0.4) is 0 Å². The van der Waals surface area contributed by atoms with Crippen molar-refractivity contribution >= 4 is 43.1 Å². The van der Waals surface area contributed by atoms with Crippen molar-refractivity contribution in [2.75, 3.05) is 0 Å². The van der Waals surface area contributed by atoms with Gasteiger partial charge in [0.2, 0.25) is 0 Å². The number of hydrogen-bond donors (Lipinski definition) is 0. The van der Waals surface area contributed by atoms with Crippen molar-refractivity contribution in [1.82, 2.24) is 0 Å². The highest BCUT2D eigenvalue weighted by Crippen LogP contribution is 2.45. The van der Waals surface area contributed by atoms with E-state index in [1.165, 1.54) is 98.7 Å². The summed E-state index contributed by atoms with van der Waals surface area (Å²) in [6.07, 6.45) is 0. The van der Waals surface area contributed by atoms with E-state index in [2.05, 4.69) is 184 Å². The van der Waals surface area contributed by atoms with E-state index in [4.69, 9.17) is 0 Å². The summed E-state index contributed by atoms with van der Waals surface area (Å²) in [5.74, 6) is 0. The molecule has 0 aliphatic heterocycles. The molecule has 0 amide bonds. The monoisotopic (exact) mass is 610 g/mol. The minimum Gasteiger partial charge on any atom is -0.0616 e. The third kappa shape index (κ3) is 4.61. The fourth-order valence-corrected chi connectivity index (χ4v) is 7.82. The van der Waals surface area contributed by atoms with Crippen molar-refractivity contribution < 1.29 is 0 Å². The molecule has 0 aliphatic rings. The van der Waals surface area contributed by atoms with Crippen molar-refractivity contribution in [3.8, 4) is 44.5 Å². The zero-order chi connectivity index (χ0) is 32.2. The van der Waals surface area contributed by atoms with Gasteiger partial charge in [-0.25, -0.2) is 0 Å². The topological polar surface area (TPSA) is 0 Å². The SMILES string of the molecule is Cc1cc(-c2c3ccccc3c(-c3ccc(-c4cccc5ccccc45)cc3C)c3ccccc23)ccc1-c1ccc2ccccc2c1. The Morgan fingerprint density at radius 3 is 1.44 bits per heavy atom. The van der Waals surface area contributed by atoms with Crippen LogP contribution in [0.4, 0.5) is 0 Å². The maximum Gasteiger partial charge on any atom is -0.00237 e. The van der Waals surface area contributed by atoms with Gasteiger partial charge in [0.15, 0.2) is 0 Å². The van der Waals surface area contributed by atoms with E-state index in [9.17, 15) is 0 Å². The van der Waals surface area contributed by atoms with Crippen molar-refractivity contribution in [3.63, 3.8) is 0 Å². The average molecular weight is 611 g/mol. The molecule has 9 aromatic carbocycles. The van der Waals surface area contributed by atoms with Gasteiger partial charge < -0.3 is 0 Å². The van der Waals surface area contributed by atoms with Crippen LogP contribution in [-0.4, -0.2) is 0 Å². The lowest BCUT2D eigenvalue weighted by molar-refractivity contribution is 1.46. The van der Waals surface area contributed by atoms with Crippen molar-refractivity contribution in [1.29, 1.82) is 0 Å². The molecule has 9 rings (SSSR count). The van der Waals surface area contributed by atoms with Gasteiger partial charge in [0.05, 0.1) is 0 Å². The van der Waals surface area contributed by atoms with E-state index in [1.54, 1.807) is 0 Å². The molecule has 48 heavy (non-hydrogen) atoms. The molecule has 0 radical (unpaired) electrons. The molecule has 0 nitrogen and oxygen atoms in total. The van der Waals surface area contributed by atoms with Gasteiger partial charge in [0.1, 0.15) is 0 Å². The van der Waals surface area contributed by atoms with Crippen molar-refractivity contribution in [2.45, 2.75) is 13.8 Å². The minimum atomic E-state index is 1.25. The molecule has 0 heteroatoms. The normalized spacial score (nSPS) is 11.5. The van der Waals surface area contributed by atoms with Crippen molar-refractivity contribution in [3.05, 3.63) is 181 Å². The predicted octanol–water partition coefficient (Wildman–Crippen LogP) is 13.6. The summed E-state index contributed by atoms with van der Waals surface area (Å²) in [7, 11) is 0. The van der Waals surface area contributed by atoms with E-state index in [-0.39, 0.29) is 0 Å². The smallest absolute Gasteiger partial charge is 0.00237 e. The van der Waals surface area contributed by atoms with E-state index in [0.717, 1.165) is 0 Å². The molecular weight excluding hydrogens is 577 g/mol. The Labute approximate surface area is 281 Å². The summed E-state index contributed by atoms with van der Waals surface area (Å²) >= 11 is 0. The first-order valence-corrected chi connectivity index (χ1v) is 16.8. The van der Waals surface area contributed by atoms with E-state index in [0.29, 0.717) is 0 Å². The Morgan fingerprint density at radius 1 is 0.271 bits per heavy atom. The second-order valence-electron chi connectivity index (χ2n) is 13.0. The van der Waals surface area contributed by atoms with Gasteiger partial charge in [0.25, 0.3) is 0 Å². The Balaban J connectivity index is 1.22. The number of aryl methyl sites for hydroxylation is 2. The van der Waals surface area contributed by atoms with Crippen LogP contribution in [0.1, 0.15) is 11.1 Å². The van der Waals surface area contributed by atoms with Gasteiger partial charge in [-0.3, -0.25) is 0 Å². The van der Waals surface area contributed by atoms with Crippen LogP contribution >= 0.6 is 0 Å². The second-order valence-corrected chi connectivity index (χ2v) is 13.0. The zero-order valence-corrected chi connectivity index (χ0v) is 27.2. The van der Waals surface area contributed by atoms with Gasteiger partial charge in [0, 0.05) is 0 Å². The van der Waals surface area contributed by atoms with Crippen LogP contribution in [0.2, 0.25) is 0 Å². The van der Waals surface area contributed by atoms with Gasteiger partial charge in [-0.1, -0.05) is 164 Å². The highest BCUT2D eigenvalue weighted by Gasteiger charge is 2.19. The first-order valence-electron chi connectivity index (χ1n) is 16.8. The number of benzene rings is 9. The van der Waals surface area contributed by atoms with Gasteiger partial charge >= 0.3 is 0 Å². The van der Waals surface area contributed by atoms with Crippen LogP contribution in [0.5, 0.6) is 0 Å². The van der Waals surface area contributed by atoms with Gasteiger partial charge in [-0.2, -0.15) is 0 Å². The van der Waals surface area contributed by atoms with E-state index in [1.807, 2.05) is 0 Å². The van der Waals surface area contributed by atoms with Crippen LogP contribution in [-0.2, 0) is 0 Å². The lowest BCUT2D eigenvalue weighted by Crippen LogP contribution is -1.94. The molecule has 0 N–H and O–H groups in total. The van der Waals surface area contributed by atoms with Gasteiger partial charge in [-0.15, -0.1) is 0 Å². The standard InChI is InChI=1S/C48H34/c1-31-29-38(25-26-39(31)37-23-22-33-12-3-4-14-35(33)30-37)47-43-17-7-9-19-45(43)48(46-20-10-8-18-44(46)47)40-27-24-36(28-32(40)2)42-21-11-15-34-13-5-6-16-41(34)42/h3-30H,1-2H3. The minimum absolute atomic E-state index is 1.25. The molecule has 0 saturated heterocycles. The summed E-state index contributed by atoms with van der Waals surface area (Å²) < 4.78 is 0. The molecule has 0 heterocycles. The highest BCUT2D eigenvalue weighted by atomic mass is 14.2. The maximum atomic E-state index is 2.38. The third-order valence-electron chi connectivity index (χ3n) is 10.1. The molecule has 0 spiro atoms. The molecule has 0 saturated carbocycles. The molecule has 0 fully saturated rings. The highest BCUT2D eigenvalue weighted by molar-refractivity contribution is 6.21. The molecule has 0 bridgehead atoms. The lowest BCUT2D eigenvalue weighted by atomic mass is 9.83. The number of fused-ring (bicyclic) bond motifs is 4. The first kappa shape index (κ1) is 28.3. The Morgan fingerprint density at radius 2 is 0.750 bits per heavy atom. The van der Waals surface area contributed by atoms with Crippen LogP contribution in [0.15, 0.2) is 170 Å². The molecule has 0 aliphatic carbocycles. The van der Waals surface area contributed by atoms with E-state index < -0.39 is 0 Å². The van der Waals surface area contributed by atoms with Crippen LogP contribution in [0.25, 0.3) is 87.6 Å². The summed E-state index contributed by atoms with van der Waals surface area (Å²) in [4.78, 5) is 0. The summed E-state index contributed by atoms with van der Waals surface area (Å²) in [5, 5.41) is 10.2. The molecule has 0 aromatic heterocycles. The summed E-state index contributed by atoms with van der Waals surface area (Å²) in [6.45, 7) is 4.50. The quantitative estimate of drug-likeness (QED) is 0.174. The Bertz CT molecular complexity index is 2630. The van der Waals surface area contributed by atoms with Gasteiger partial charge in [-0.05, 0) is 119 Å². The molecule has 226 valence electrons. The molecular formula is C48H34. The number of hydrogen-bond acceptors (Lipinski definition) is 0. The van der Waals surface area contributed by atoms with Crippen molar-refractivity contribution in [2.24, 2.45) is 0 Å². The summed E-state index contributed by atoms with van der Waals surface area (Å²) in [5.41, 5.74) is 12.7. The Kier molecular flexibility index (Phi) is 6.69. The third-order valence-corrected chi connectivity index (χ3v) is 10.1. The second kappa shape index (κ2) is 11.4. The average Bonchev–Trinajstić information content (AvgIpc) is 3.13. The largest absolute Gasteiger partial charge is 0.0616 e. The molecule has 0 atom stereocenters. The molecule has 0 unspecified atom stereocenters. The predicted molar refractivity (Wildman–Crippen MR) is 208 cm³/mol. The fourth-order valence-electron chi connectivity index (χ4n) is 7.82. The maximum absolute atomic E-state index is 2.38. The fraction of sp³-hybridized carbons (Fsp3) is 0.0417. The van der Waals surface area contributed by atoms with E-state index >= 15 is 0 Å². The van der Waals surface area contributed by atoms with Crippen LogP contribution in [0, 0.1) is 13.8 Å². The first-order chi connectivity index (χ1) is 23.6.